The standard InChI is InChI=1S/C51H45N3O4/c1-34-14-24-46-39(30-34)26-28-50(57-46)48(2,3)42-10-6-8-12-44(42)52(50)32-35-15-19-37(20-16-35)38-21-17-36(18-22-38)33-53-45-13-9-7-11-43(45)49(4,5)51(53)29-27-40-31-41(54(55)56)23-25-47(40)58-51/h6-31H,32-33H2,1-5H3. The first-order valence-corrected chi connectivity index (χ1v) is 20.0. The molecule has 0 aliphatic carbocycles. The fourth-order valence-corrected chi connectivity index (χ4v) is 9.80. The summed E-state index contributed by atoms with van der Waals surface area (Å²) >= 11 is 0. The minimum Gasteiger partial charge on any atom is -0.463 e. The number of fused-ring (bicyclic) bond motifs is 4. The molecular formula is C51H45N3O4. The van der Waals surface area contributed by atoms with Crippen LogP contribution in [-0.4, -0.2) is 16.4 Å². The molecule has 288 valence electrons. The summed E-state index contributed by atoms with van der Waals surface area (Å²) in [5.41, 5.74) is 10.3. The SMILES string of the molecule is Cc1ccc2c(c1)C=CC1(O2)N(Cc2ccc(-c3ccc(CN4c5ccccc5C(C)(C)C45C=Cc4cc([N+](=O)[O-])ccc4O5)cc3)cc2)c2ccccc2C1(C)C. The summed E-state index contributed by atoms with van der Waals surface area (Å²) in [6, 6.07) is 46.1. The third-order valence-electron chi connectivity index (χ3n) is 13.1. The van der Waals surface area contributed by atoms with Crippen LogP contribution in [0.2, 0.25) is 0 Å². The maximum atomic E-state index is 11.5. The largest absolute Gasteiger partial charge is 0.463 e. The van der Waals surface area contributed by atoms with Crippen LogP contribution in [0, 0.1) is 17.0 Å². The number of anilines is 2. The van der Waals surface area contributed by atoms with E-state index in [9.17, 15) is 10.1 Å². The van der Waals surface area contributed by atoms with Crippen molar-refractivity contribution in [3.8, 4) is 22.6 Å². The van der Waals surface area contributed by atoms with Gasteiger partial charge in [0, 0.05) is 47.7 Å². The molecule has 2 atom stereocenters. The Morgan fingerprint density at radius 1 is 0.569 bits per heavy atom. The Balaban J connectivity index is 0.917. The van der Waals surface area contributed by atoms with Gasteiger partial charge in [-0.2, -0.15) is 0 Å². The molecule has 0 amide bonds. The molecule has 0 N–H and O–H groups in total. The average molecular weight is 764 g/mol. The maximum absolute atomic E-state index is 11.5. The first-order chi connectivity index (χ1) is 27.9. The van der Waals surface area contributed by atoms with Gasteiger partial charge in [-0.15, -0.1) is 0 Å². The van der Waals surface area contributed by atoms with Crippen molar-refractivity contribution in [1.29, 1.82) is 0 Å². The van der Waals surface area contributed by atoms with Gasteiger partial charge in [0.15, 0.2) is 0 Å². The van der Waals surface area contributed by atoms with Crippen molar-refractivity contribution in [3.05, 3.63) is 195 Å². The highest BCUT2D eigenvalue weighted by Crippen LogP contribution is 2.57. The highest BCUT2D eigenvalue weighted by molar-refractivity contribution is 5.75. The van der Waals surface area contributed by atoms with Crippen LogP contribution in [0.3, 0.4) is 0 Å². The zero-order chi connectivity index (χ0) is 40.0. The van der Waals surface area contributed by atoms with E-state index in [1.165, 1.54) is 34.0 Å². The molecule has 0 fully saturated rings. The molecule has 0 aromatic heterocycles. The number of ether oxygens (including phenoxy) is 2. The van der Waals surface area contributed by atoms with Gasteiger partial charge in [-0.25, -0.2) is 0 Å². The Kier molecular flexibility index (Phi) is 7.84. The van der Waals surface area contributed by atoms with E-state index >= 15 is 0 Å². The van der Waals surface area contributed by atoms with Gasteiger partial charge >= 0.3 is 0 Å². The number of aryl methyl sites for hydroxylation is 1. The van der Waals surface area contributed by atoms with E-state index in [1.54, 1.807) is 12.1 Å². The zero-order valence-electron chi connectivity index (χ0n) is 33.4. The van der Waals surface area contributed by atoms with Crippen LogP contribution in [-0.2, 0) is 23.9 Å². The van der Waals surface area contributed by atoms with Crippen molar-refractivity contribution in [1.82, 2.24) is 0 Å². The molecule has 2 unspecified atom stereocenters. The molecule has 7 nitrogen and oxygen atoms in total. The first kappa shape index (κ1) is 35.8. The van der Waals surface area contributed by atoms with Crippen LogP contribution in [0.25, 0.3) is 23.3 Å². The first-order valence-electron chi connectivity index (χ1n) is 20.0. The van der Waals surface area contributed by atoms with Crippen molar-refractivity contribution in [2.45, 2.75) is 70.0 Å². The highest BCUT2D eigenvalue weighted by atomic mass is 16.6. The summed E-state index contributed by atoms with van der Waals surface area (Å²) in [6.07, 6.45) is 8.55. The Labute approximate surface area is 339 Å². The number of non-ortho nitro benzene ring substituents is 1. The number of benzene rings is 6. The lowest BCUT2D eigenvalue weighted by molar-refractivity contribution is -0.384. The van der Waals surface area contributed by atoms with E-state index in [1.807, 2.05) is 6.08 Å². The van der Waals surface area contributed by atoms with Gasteiger partial charge < -0.3 is 19.3 Å². The smallest absolute Gasteiger partial charge is 0.270 e. The molecular weight excluding hydrogens is 719 g/mol. The molecule has 0 radical (unpaired) electrons. The van der Waals surface area contributed by atoms with E-state index < -0.39 is 16.9 Å². The van der Waals surface area contributed by atoms with E-state index in [4.69, 9.17) is 9.47 Å². The van der Waals surface area contributed by atoms with E-state index in [-0.39, 0.29) is 16.0 Å². The quantitative estimate of drug-likeness (QED) is 0.124. The molecule has 6 aromatic rings. The molecule has 4 heterocycles. The van der Waals surface area contributed by atoms with E-state index in [0.29, 0.717) is 24.4 Å². The lowest BCUT2D eigenvalue weighted by Crippen LogP contribution is -2.59. The molecule has 0 saturated heterocycles. The second kappa shape index (κ2) is 12.7. The van der Waals surface area contributed by atoms with Gasteiger partial charge in [0.2, 0.25) is 11.4 Å². The van der Waals surface area contributed by atoms with Gasteiger partial charge in [-0.1, -0.05) is 96.6 Å². The predicted octanol–water partition coefficient (Wildman–Crippen LogP) is 11.8. The van der Waals surface area contributed by atoms with Gasteiger partial charge in [-0.3, -0.25) is 10.1 Å². The molecule has 10 rings (SSSR count). The number of rotatable bonds is 6. The second-order valence-electron chi connectivity index (χ2n) is 17.1. The Morgan fingerprint density at radius 3 is 1.50 bits per heavy atom. The monoisotopic (exact) mass is 763 g/mol. The summed E-state index contributed by atoms with van der Waals surface area (Å²) in [7, 11) is 0. The predicted molar refractivity (Wildman–Crippen MR) is 232 cm³/mol. The molecule has 0 saturated carbocycles. The third-order valence-corrected chi connectivity index (χ3v) is 13.1. The summed E-state index contributed by atoms with van der Waals surface area (Å²) in [5, 5.41) is 11.5. The molecule has 0 bridgehead atoms. The van der Waals surface area contributed by atoms with E-state index in [0.717, 1.165) is 33.7 Å². The van der Waals surface area contributed by atoms with Crippen LogP contribution < -0.4 is 19.3 Å². The molecule has 2 spiro atoms. The lowest BCUT2D eigenvalue weighted by Gasteiger charge is -2.47. The Hall–Kier alpha value is -6.60. The van der Waals surface area contributed by atoms with Crippen LogP contribution >= 0.6 is 0 Å². The van der Waals surface area contributed by atoms with Crippen molar-refractivity contribution < 1.29 is 14.4 Å². The lowest BCUT2D eigenvalue weighted by atomic mass is 9.76. The number of nitrogens with zero attached hydrogens (tertiary/aromatic N) is 3. The molecule has 58 heavy (non-hydrogen) atoms. The van der Waals surface area contributed by atoms with Crippen molar-refractivity contribution in [3.63, 3.8) is 0 Å². The van der Waals surface area contributed by atoms with Crippen LogP contribution in [0.15, 0.2) is 146 Å². The normalized spacial score (nSPS) is 21.3. The fraction of sp³-hybridized carbons (Fsp3) is 0.216. The summed E-state index contributed by atoms with van der Waals surface area (Å²) in [4.78, 5) is 15.9. The molecule has 7 heteroatoms. The number of hydrogen-bond acceptors (Lipinski definition) is 6. The topological polar surface area (TPSA) is 68.1 Å². The summed E-state index contributed by atoms with van der Waals surface area (Å²) in [5.74, 6) is 1.54. The maximum Gasteiger partial charge on any atom is 0.270 e. The van der Waals surface area contributed by atoms with Gasteiger partial charge in [0.05, 0.1) is 15.8 Å². The number of nitro groups is 1. The number of para-hydroxylation sites is 2. The molecule has 4 aliphatic rings. The summed E-state index contributed by atoms with van der Waals surface area (Å²) in [6.45, 7) is 12.4. The third kappa shape index (κ3) is 5.18. The zero-order valence-corrected chi connectivity index (χ0v) is 33.4. The Bertz CT molecular complexity index is 2700. The summed E-state index contributed by atoms with van der Waals surface area (Å²) < 4.78 is 14.0. The second-order valence-corrected chi connectivity index (χ2v) is 17.1. The number of nitro benzene ring substituents is 1. The van der Waals surface area contributed by atoms with Crippen LogP contribution in [0.4, 0.5) is 17.1 Å². The fourth-order valence-electron chi connectivity index (χ4n) is 9.80. The van der Waals surface area contributed by atoms with Gasteiger partial charge in [0.25, 0.3) is 5.69 Å². The van der Waals surface area contributed by atoms with Gasteiger partial charge in [0.1, 0.15) is 11.5 Å². The van der Waals surface area contributed by atoms with Crippen molar-refractivity contribution >= 4 is 29.2 Å². The molecule has 6 aromatic carbocycles. The number of hydrogen-bond donors (Lipinski definition) is 0. The Morgan fingerprint density at radius 2 is 1.02 bits per heavy atom. The average Bonchev–Trinajstić information content (AvgIpc) is 3.51. The van der Waals surface area contributed by atoms with Gasteiger partial charge in [-0.05, 0) is 123 Å². The van der Waals surface area contributed by atoms with Crippen LogP contribution in [0.5, 0.6) is 11.5 Å². The highest BCUT2D eigenvalue weighted by Gasteiger charge is 2.60. The van der Waals surface area contributed by atoms with Crippen LogP contribution in [0.1, 0.15) is 66.6 Å². The van der Waals surface area contributed by atoms with Crippen molar-refractivity contribution in [2.24, 2.45) is 0 Å². The van der Waals surface area contributed by atoms with Crippen molar-refractivity contribution in [2.75, 3.05) is 9.80 Å². The minimum atomic E-state index is -0.834. The van der Waals surface area contributed by atoms with E-state index in [2.05, 4.69) is 178 Å². The minimum absolute atomic E-state index is 0.0475. The molecule has 4 aliphatic heterocycles.